The van der Waals surface area contributed by atoms with Gasteiger partial charge in [0.15, 0.2) is 0 Å². The summed E-state index contributed by atoms with van der Waals surface area (Å²) in [5.74, 6) is 0. The summed E-state index contributed by atoms with van der Waals surface area (Å²) < 4.78 is 6.83. The number of para-hydroxylation sites is 2. The van der Waals surface area contributed by atoms with E-state index >= 15 is 0 Å². The maximum absolute atomic E-state index is 6.83. The molecule has 0 atom stereocenters. The molecule has 2 spiro atoms. The average Bonchev–Trinajstić information content (AvgIpc) is 1.61. The Morgan fingerprint density at radius 2 is 0.619 bits per heavy atom. The van der Waals surface area contributed by atoms with E-state index in [0.717, 1.165) is 56.1 Å². The molecule has 0 unspecified atom stereocenters. The van der Waals surface area contributed by atoms with E-state index in [4.69, 9.17) is 4.42 Å². The van der Waals surface area contributed by atoms with Crippen LogP contribution in [0.3, 0.4) is 0 Å². The molecule has 1 aromatic heterocycles. The summed E-state index contributed by atoms with van der Waals surface area (Å²) in [5.41, 5.74) is 27.5. The topological polar surface area (TPSA) is 19.6 Å². The minimum atomic E-state index is -0.618. The fourth-order valence-corrected chi connectivity index (χ4v) is 16.5. The molecule has 0 amide bonds. The number of nitrogens with zero attached hydrogens (tertiary/aromatic N) is 2. The van der Waals surface area contributed by atoms with Crippen LogP contribution in [0, 0.1) is 0 Å². The van der Waals surface area contributed by atoms with Crippen molar-refractivity contribution in [1.29, 1.82) is 0 Å². The third-order valence-corrected chi connectivity index (χ3v) is 19.7. The third-order valence-electron chi connectivity index (χ3n) is 18.5. The van der Waals surface area contributed by atoms with Crippen LogP contribution in [-0.2, 0) is 10.8 Å². The van der Waals surface area contributed by atoms with Crippen molar-refractivity contribution in [2.75, 3.05) is 9.80 Å². The molecule has 1 aliphatic heterocycles. The van der Waals surface area contributed by atoms with Gasteiger partial charge in [0.25, 0.3) is 0 Å². The lowest BCUT2D eigenvalue weighted by atomic mass is 9.66. The molecule has 2 heterocycles. The van der Waals surface area contributed by atoms with Gasteiger partial charge in [0.1, 0.15) is 11.2 Å². The number of benzene rings is 13. The van der Waals surface area contributed by atoms with Crippen molar-refractivity contribution < 1.29 is 4.42 Å². The third kappa shape index (κ3) is 6.49. The Hall–Kier alpha value is -10.4. The molecule has 0 saturated carbocycles. The number of fused-ring (bicyclic) bond motifs is 22. The van der Waals surface area contributed by atoms with E-state index in [9.17, 15) is 0 Å². The van der Waals surface area contributed by atoms with Gasteiger partial charge in [0.2, 0.25) is 0 Å². The number of hydrogen-bond acceptors (Lipinski definition) is 4. The largest absolute Gasteiger partial charge is 0.456 e. The van der Waals surface area contributed by atoms with E-state index in [1.54, 1.807) is 0 Å². The zero-order chi connectivity index (χ0) is 55.1. The number of furan rings is 1. The molecule has 14 aromatic rings. The molecule has 3 aliphatic carbocycles. The van der Waals surface area contributed by atoms with Gasteiger partial charge in [-0.15, -0.1) is 0 Å². The molecule has 0 saturated heterocycles. The molecule has 3 nitrogen and oxygen atoms in total. The molecule has 0 N–H and O–H groups in total. The molecular formula is C80H50N2OS. The maximum atomic E-state index is 6.83. The summed E-state index contributed by atoms with van der Waals surface area (Å²) >= 11 is 1.90. The van der Waals surface area contributed by atoms with Crippen LogP contribution < -0.4 is 9.80 Å². The minimum Gasteiger partial charge on any atom is -0.456 e. The van der Waals surface area contributed by atoms with Crippen LogP contribution in [-0.4, -0.2) is 0 Å². The van der Waals surface area contributed by atoms with Crippen LogP contribution in [0.2, 0.25) is 0 Å². The fraction of sp³-hybridized carbons (Fsp3) is 0.0250. The van der Waals surface area contributed by atoms with Crippen LogP contribution >= 0.6 is 11.8 Å². The minimum absolute atomic E-state index is 0.477. The Bertz CT molecular complexity index is 4890. The van der Waals surface area contributed by atoms with E-state index < -0.39 is 10.8 Å². The molecule has 13 aromatic carbocycles. The molecule has 392 valence electrons. The van der Waals surface area contributed by atoms with E-state index in [1.165, 1.54) is 98.8 Å². The van der Waals surface area contributed by atoms with Gasteiger partial charge in [0.05, 0.1) is 10.8 Å². The summed E-state index contributed by atoms with van der Waals surface area (Å²) in [4.78, 5) is 7.40. The lowest BCUT2D eigenvalue weighted by Gasteiger charge is -2.41. The van der Waals surface area contributed by atoms with E-state index in [0.29, 0.717) is 0 Å². The molecule has 84 heavy (non-hydrogen) atoms. The molecule has 4 aliphatic rings. The second-order valence-electron chi connectivity index (χ2n) is 22.6. The Balaban J connectivity index is 0.925. The monoisotopic (exact) mass is 1090 g/mol. The van der Waals surface area contributed by atoms with E-state index in [1.807, 2.05) is 11.8 Å². The lowest BCUT2D eigenvalue weighted by molar-refractivity contribution is 0.669. The van der Waals surface area contributed by atoms with Gasteiger partial charge in [-0.2, -0.15) is 0 Å². The maximum Gasteiger partial charge on any atom is 0.135 e. The SMILES string of the molecule is c1ccc(-c2cc(N(c3ccc4c(c3)-c3ccccc3C43c4ccccc4-c4ccccc43)c3ccc4oc5ccc(N(c6ccccc6)c6ccccc6)cc5c4c3)cc3c2Sc2ccccc2C32c3ccccc3-c3ccccc32)cc1. The van der Waals surface area contributed by atoms with Crippen molar-refractivity contribution in [3.05, 3.63) is 348 Å². The van der Waals surface area contributed by atoms with Crippen LogP contribution in [0.5, 0.6) is 0 Å². The molecule has 18 rings (SSSR count). The summed E-state index contributed by atoms with van der Waals surface area (Å²) in [6, 6.07) is 113. The fourth-order valence-electron chi connectivity index (χ4n) is 15.2. The van der Waals surface area contributed by atoms with Gasteiger partial charge in [-0.3, -0.25) is 0 Å². The summed E-state index contributed by atoms with van der Waals surface area (Å²) in [6.07, 6.45) is 0. The molecule has 0 bridgehead atoms. The zero-order valence-corrected chi connectivity index (χ0v) is 46.4. The van der Waals surface area contributed by atoms with Crippen molar-refractivity contribution in [2.45, 2.75) is 20.6 Å². The highest BCUT2D eigenvalue weighted by Crippen LogP contribution is 2.66. The van der Waals surface area contributed by atoms with Gasteiger partial charge in [0, 0.05) is 54.7 Å². The van der Waals surface area contributed by atoms with Gasteiger partial charge >= 0.3 is 0 Å². The Labute approximate surface area is 492 Å². The van der Waals surface area contributed by atoms with Crippen molar-refractivity contribution >= 4 is 67.8 Å². The second kappa shape index (κ2) is 18.1. The van der Waals surface area contributed by atoms with Crippen LogP contribution in [0.15, 0.2) is 318 Å². The first-order valence-electron chi connectivity index (χ1n) is 29.0. The first-order chi connectivity index (χ1) is 41.7. The summed E-state index contributed by atoms with van der Waals surface area (Å²) in [7, 11) is 0. The van der Waals surface area contributed by atoms with E-state index in [-0.39, 0.29) is 0 Å². The predicted octanol–water partition coefficient (Wildman–Crippen LogP) is 21.4. The van der Waals surface area contributed by atoms with Crippen molar-refractivity contribution in [1.82, 2.24) is 0 Å². The zero-order valence-electron chi connectivity index (χ0n) is 45.6. The first-order valence-corrected chi connectivity index (χ1v) is 29.8. The normalized spacial score (nSPS) is 13.9. The van der Waals surface area contributed by atoms with Crippen LogP contribution in [0.1, 0.15) is 44.5 Å². The second-order valence-corrected chi connectivity index (χ2v) is 23.6. The van der Waals surface area contributed by atoms with Gasteiger partial charge in [-0.05, 0) is 180 Å². The summed E-state index contributed by atoms with van der Waals surface area (Å²) in [5, 5.41) is 2.09. The van der Waals surface area contributed by atoms with E-state index in [2.05, 4.69) is 313 Å². The Morgan fingerprint density at radius 1 is 0.250 bits per heavy atom. The molecular weight excluding hydrogens is 1040 g/mol. The quantitative estimate of drug-likeness (QED) is 0.158. The average molecular weight is 1090 g/mol. The van der Waals surface area contributed by atoms with Crippen LogP contribution in [0.25, 0.3) is 66.4 Å². The highest BCUT2D eigenvalue weighted by Gasteiger charge is 2.53. The number of anilines is 6. The van der Waals surface area contributed by atoms with Crippen molar-refractivity contribution in [3.63, 3.8) is 0 Å². The number of hydrogen-bond donors (Lipinski definition) is 0. The highest BCUT2D eigenvalue weighted by molar-refractivity contribution is 7.99. The first kappa shape index (κ1) is 47.3. The number of rotatable bonds is 7. The molecule has 0 fully saturated rings. The van der Waals surface area contributed by atoms with Gasteiger partial charge < -0.3 is 14.2 Å². The summed E-state index contributed by atoms with van der Waals surface area (Å²) in [6.45, 7) is 0. The standard InChI is InChI=1S/C80H50N2OS/c1-4-22-51(23-5-1)63-49-57(50-74-78(63)84-77-39-21-20-38-73(77)80(74)69-35-17-12-30-60(69)61-31-13-18-36-70(61)80)82(54-40-43-72-64(46-54)62-32-14-19-37-71(62)79(72)67-33-15-10-28-58(67)59-29-11-16-34-68(59)79)56-42-45-76-66(48-56)65-47-55(41-44-75(65)83-76)81(52-24-6-2-7-25-52)53-26-8-3-9-27-53/h1-50H. The van der Waals surface area contributed by atoms with Gasteiger partial charge in [-0.25, -0.2) is 0 Å². The highest BCUT2D eigenvalue weighted by atomic mass is 32.2. The lowest BCUT2D eigenvalue weighted by Crippen LogP contribution is -2.32. The van der Waals surface area contributed by atoms with Crippen molar-refractivity contribution in [2.24, 2.45) is 0 Å². The molecule has 0 radical (unpaired) electrons. The van der Waals surface area contributed by atoms with Crippen LogP contribution in [0.4, 0.5) is 34.1 Å². The Kier molecular flexibility index (Phi) is 10.2. The Morgan fingerprint density at radius 3 is 1.13 bits per heavy atom. The smallest absolute Gasteiger partial charge is 0.135 e. The van der Waals surface area contributed by atoms with Crippen molar-refractivity contribution in [3.8, 4) is 44.5 Å². The van der Waals surface area contributed by atoms with Gasteiger partial charge in [-0.1, -0.05) is 224 Å². The molecule has 4 heteroatoms. The predicted molar refractivity (Wildman–Crippen MR) is 346 cm³/mol.